The number of aliphatic hydroxyl groups excluding tert-OH is 1. The van der Waals surface area contributed by atoms with Crippen LogP contribution >= 0.6 is 0 Å². The van der Waals surface area contributed by atoms with Crippen LogP contribution in [0.1, 0.15) is 49.9 Å². The second-order valence-corrected chi connectivity index (χ2v) is 12.2. The van der Waals surface area contributed by atoms with Gasteiger partial charge in [0.25, 0.3) is 11.7 Å². The fourth-order valence-electron chi connectivity index (χ4n) is 4.15. The van der Waals surface area contributed by atoms with E-state index in [2.05, 4.69) is 20.8 Å². The van der Waals surface area contributed by atoms with Crippen LogP contribution in [0, 0.1) is 0 Å². The van der Waals surface area contributed by atoms with E-state index in [0.29, 0.717) is 18.6 Å². The van der Waals surface area contributed by atoms with E-state index >= 15 is 0 Å². The molecular formula is C27H34N2O6S. The molecule has 0 bridgehead atoms. The Morgan fingerprint density at radius 3 is 2.11 bits per heavy atom. The number of aliphatic hydroxyl groups is 1. The Balaban J connectivity index is 2.11. The summed E-state index contributed by atoms with van der Waals surface area (Å²) < 4.78 is 31.0. The van der Waals surface area contributed by atoms with E-state index in [-0.39, 0.29) is 33.8 Å². The van der Waals surface area contributed by atoms with E-state index in [1.54, 1.807) is 7.11 Å². The average molecular weight is 515 g/mol. The summed E-state index contributed by atoms with van der Waals surface area (Å²) in [5.41, 5.74) is 1.95. The second kappa shape index (κ2) is 10.5. The predicted molar refractivity (Wildman–Crippen MR) is 138 cm³/mol. The molecule has 36 heavy (non-hydrogen) atoms. The summed E-state index contributed by atoms with van der Waals surface area (Å²) in [6, 6.07) is 12.5. The number of carbonyl (C=O) groups is 2. The van der Waals surface area contributed by atoms with E-state index in [0.717, 1.165) is 9.87 Å². The summed E-state index contributed by atoms with van der Waals surface area (Å²) in [4.78, 5) is 27.7. The van der Waals surface area contributed by atoms with E-state index in [1.165, 1.54) is 43.3 Å². The van der Waals surface area contributed by atoms with Gasteiger partial charge in [-0.3, -0.25) is 9.59 Å². The lowest BCUT2D eigenvalue weighted by atomic mass is 9.85. The van der Waals surface area contributed by atoms with Gasteiger partial charge in [-0.2, -0.15) is 0 Å². The van der Waals surface area contributed by atoms with Crippen molar-refractivity contribution in [3.05, 3.63) is 70.8 Å². The van der Waals surface area contributed by atoms with Gasteiger partial charge in [0.05, 0.1) is 16.5 Å². The zero-order chi connectivity index (χ0) is 26.8. The molecule has 1 saturated heterocycles. The molecule has 0 spiro atoms. The van der Waals surface area contributed by atoms with Gasteiger partial charge in [0.1, 0.15) is 5.76 Å². The van der Waals surface area contributed by atoms with Crippen molar-refractivity contribution < 1.29 is 27.9 Å². The van der Waals surface area contributed by atoms with Gasteiger partial charge in [0.2, 0.25) is 10.0 Å². The van der Waals surface area contributed by atoms with Gasteiger partial charge in [-0.05, 0) is 47.2 Å². The Morgan fingerprint density at radius 1 is 1.03 bits per heavy atom. The predicted octanol–water partition coefficient (Wildman–Crippen LogP) is 3.69. The average Bonchev–Trinajstić information content (AvgIpc) is 3.08. The molecule has 1 atom stereocenters. The first-order chi connectivity index (χ1) is 16.8. The molecule has 1 aliphatic rings. The molecule has 9 heteroatoms. The van der Waals surface area contributed by atoms with Crippen LogP contribution in [-0.4, -0.2) is 68.8 Å². The number of carbonyl (C=O) groups excluding carboxylic acids is 2. The van der Waals surface area contributed by atoms with E-state index in [1.807, 2.05) is 24.3 Å². The van der Waals surface area contributed by atoms with E-state index < -0.39 is 27.8 Å². The quantitative estimate of drug-likeness (QED) is 0.249. The smallest absolute Gasteiger partial charge is 0.295 e. The third-order valence-electron chi connectivity index (χ3n) is 6.29. The number of hydrogen-bond donors (Lipinski definition) is 1. The van der Waals surface area contributed by atoms with Crippen LogP contribution in [0.15, 0.2) is 59.0 Å². The van der Waals surface area contributed by atoms with Crippen LogP contribution in [0.4, 0.5) is 0 Å². The Bertz CT molecular complexity index is 1260. The summed E-state index contributed by atoms with van der Waals surface area (Å²) in [5, 5.41) is 11.2. The minimum atomic E-state index is -3.66. The molecule has 1 fully saturated rings. The molecule has 1 unspecified atom stereocenters. The number of sulfonamides is 1. The monoisotopic (exact) mass is 514 g/mol. The number of ether oxygens (including phenoxy) is 1. The number of rotatable bonds is 8. The van der Waals surface area contributed by atoms with Crippen molar-refractivity contribution in [1.82, 2.24) is 9.21 Å². The molecule has 2 aromatic carbocycles. The fraction of sp³-hybridized carbons (Fsp3) is 0.407. The topological polar surface area (TPSA) is 104 Å². The van der Waals surface area contributed by atoms with E-state index in [4.69, 9.17) is 4.74 Å². The van der Waals surface area contributed by atoms with Crippen LogP contribution in [0.3, 0.4) is 0 Å². The van der Waals surface area contributed by atoms with Crippen molar-refractivity contribution in [2.24, 2.45) is 0 Å². The number of methoxy groups -OCH3 is 1. The summed E-state index contributed by atoms with van der Waals surface area (Å²) >= 11 is 0. The Labute approximate surface area is 213 Å². The molecule has 0 saturated carbocycles. The molecule has 1 N–H and O–H groups in total. The maximum absolute atomic E-state index is 13.1. The normalized spacial score (nSPS) is 18.3. The first-order valence-corrected chi connectivity index (χ1v) is 13.2. The van der Waals surface area contributed by atoms with Gasteiger partial charge in [0.15, 0.2) is 0 Å². The van der Waals surface area contributed by atoms with Crippen molar-refractivity contribution in [1.29, 1.82) is 0 Å². The maximum Gasteiger partial charge on any atom is 0.295 e. The minimum absolute atomic E-state index is 0.0239. The Kier molecular flexibility index (Phi) is 8.07. The zero-order valence-corrected chi connectivity index (χ0v) is 22.4. The number of nitrogens with zero attached hydrogens (tertiary/aromatic N) is 2. The molecule has 8 nitrogen and oxygen atoms in total. The van der Waals surface area contributed by atoms with Gasteiger partial charge < -0.3 is 14.7 Å². The highest BCUT2D eigenvalue weighted by molar-refractivity contribution is 7.89. The maximum atomic E-state index is 13.1. The number of likely N-dealkylation sites (tertiary alicyclic amines) is 1. The lowest BCUT2D eigenvalue weighted by molar-refractivity contribution is -0.140. The van der Waals surface area contributed by atoms with Gasteiger partial charge in [0, 0.05) is 39.9 Å². The first-order valence-electron chi connectivity index (χ1n) is 11.7. The SMILES string of the molecule is COCCCN1C(=O)C(=O)C(=C(O)c2ccc(S(=O)(=O)N(C)C)cc2)C1c1ccc(C(C)(C)C)cc1. The van der Waals surface area contributed by atoms with Crippen LogP contribution in [0.25, 0.3) is 5.76 Å². The lowest BCUT2D eigenvalue weighted by Gasteiger charge is -2.26. The molecule has 0 aliphatic carbocycles. The lowest BCUT2D eigenvalue weighted by Crippen LogP contribution is -2.31. The number of hydrogen-bond acceptors (Lipinski definition) is 6. The number of benzene rings is 2. The second-order valence-electron chi connectivity index (χ2n) is 10.0. The summed E-state index contributed by atoms with van der Waals surface area (Å²) in [5.74, 6) is -1.81. The molecular weight excluding hydrogens is 480 g/mol. The van der Waals surface area contributed by atoms with Crippen LogP contribution in [0.2, 0.25) is 0 Å². The summed E-state index contributed by atoms with van der Waals surface area (Å²) in [6.07, 6.45) is 0.525. The number of ketones is 1. The number of Topliss-reactive ketones (excluding diaryl/α,β-unsaturated/α-hetero) is 1. The summed E-state index contributed by atoms with van der Waals surface area (Å²) in [6.45, 7) is 6.98. The molecule has 1 heterocycles. The van der Waals surface area contributed by atoms with Gasteiger partial charge >= 0.3 is 0 Å². The van der Waals surface area contributed by atoms with Crippen LogP contribution in [-0.2, 0) is 29.8 Å². The van der Waals surface area contributed by atoms with Crippen molar-refractivity contribution in [3.63, 3.8) is 0 Å². The largest absolute Gasteiger partial charge is 0.507 e. The third-order valence-corrected chi connectivity index (χ3v) is 8.12. The zero-order valence-electron chi connectivity index (χ0n) is 21.6. The molecule has 1 amide bonds. The van der Waals surface area contributed by atoms with Crippen molar-refractivity contribution >= 4 is 27.5 Å². The number of amides is 1. The molecule has 194 valence electrons. The molecule has 0 radical (unpaired) electrons. The van der Waals surface area contributed by atoms with Crippen molar-refractivity contribution in [2.75, 3.05) is 34.4 Å². The molecule has 1 aliphatic heterocycles. The first kappa shape index (κ1) is 27.6. The van der Waals surface area contributed by atoms with Crippen LogP contribution < -0.4 is 0 Å². The molecule has 3 rings (SSSR count). The summed E-state index contributed by atoms with van der Waals surface area (Å²) in [7, 11) is 0.771. The van der Waals surface area contributed by atoms with Gasteiger partial charge in [-0.15, -0.1) is 0 Å². The van der Waals surface area contributed by atoms with Crippen LogP contribution in [0.5, 0.6) is 0 Å². The van der Waals surface area contributed by atoms with Crippen molar-refractivity contribution in [3.8, 4) is 0 Å². The fourth-order valence-corrected chi connectivity index (χ4v) is 5.05. The molecule has 2 aromatic rings. The Hall–Kier alpha value is -3.01. The minimum Gasteiger partial charge on any atom is -0.507 e. The third kappa shape index (κ3) is 5.38. The standard InChI is InChI=1S/C27H34N2O6S/c1-27(2,3)20-12-8-18(9-13-20)23-22(25(31)26(32)29(23)16-7-17-35-6)24(30)19-10-14-21(15-11-19)36(33,34)28(4)5/h8-15,23,30H,7,16-17H2,1-6H3. The highest BCUT2D eigenvalue weighted by atomic mass is 32.2. The van der Waals surface area contributed by atoms with Gasteiger partial charge in [-0.25, -0.2) is 12.7 Å². The highest BCUT2D eigenvalue weighted by Crippen LogP contribution is 2.40. The van der Waals surface area contributed by atoms with Crippen molar-refractivity contribution in [2.45, 2.75) is 43.5 Å². The highest BCUT2D eigenvalue weighted by Gasteiger charge is 2.45. The molecule has 0 aromatic heterocycles. The van der Waals surface area contributed by atoms with Gasteiger partial charge in [-0.1, -0.05) is 45.0 Å². The Morgan fingerprint density at radius 2 is 1.61 bits per heavy atom. The van der Waals surface area contributed by atoms with E-state index in [9.17, 15) is 23.1 Å².